The van der Waals surface area contributed by atoms with Crippen LogP contribution in [-0.4, -0.2) is 22.2 Å². The fourth-order valence-corrected chi connectivity index (χ4v) is 3.26. The standard InChI is InChI=1S/C16H19BrN2O/c17-12-9-11-5-4-7-14(16(11)18-10-12)19-13-6-2-1-3-8-15(13)20/h4-5,7,9-10,13,15,19-20H,1-3,6,8H2. The average molecular weight is 335 g/mol. The molecule has 4 heteroatoms. The Bertz CT molecular complexity index is 602. The Balaban J connectivity index is 1.90. The summed E-state index contributed by atoms with van der Waals surface area (Å²) in [6, 6.07) is 8.33. The molecule has 2 unspecified atom stereocenters. The van der Waals surface area contributed by atoms with Gasteiger partial charge in [-0.25, -0.2) is 0 Å². The summed E-state index contributed by atoms with van der Waals surface area (Å²) < 4.78 is 0.983. The van der Waals surface area contributed by atoms with Gasteiger partial charge in [0.15, 0.2) is 0 Å². The van der Waals surface area contributed by atoms with Crippen molar-refractivity contribution in [1.82, 2.24) is 4.98 Å². The van der Waals surface area contributed by atoms with Crippen LogP contribution in [0.3, 0.4) is 0 Å². The number of fused-ring (bicyclic) bond motifs is 1. The first-order valence-electron chi connectivity index (χ1n) is 7.23. The second-order valence-electron chi connectivity index (χ2n) is 5.49. The van der Waals surface area contributed by atoms with E-state index in [0.717, 1.165) is 40.3 Å². The van der Waals surface area contributed by atoms with E-state index in [4.69, 9.17) is 0 Å². The summed E-state index contributed by atoms with van der Waals surface area (Å²) >= 11 is 3.45. The summed E-state index contributed by atoms with van der Waals surface area (Å²) in [5, 5.41) is 14.8. The van der Waals surface area contributed by atoms with Gasteiger partial charge in [-0.05, 0) is 40.9 Å². The Morgan fingerprint density at radius 1 is 1.20 bits per heavy atom. The van der Waals surface area contributed by atoms with E-state index in [-0.39, 0.29) is 12.1 Å². The Morgan fingerprint density at radius 2 is 2.05 bits per heavy atom. The van der Waals surface area contributed by atoms with E-state index in [1.54, 1.807) is 0 Å². The summed E-state index contributed by atoms with van der Waals surface area (Å²) in [5.41, 5.74) is 1.98. The molecule has 1 saturated carbocycles. The summed E-state index contributed by atoms with van der Waals surface area (Å²) in [6.07, 6.45) is 6.99. The summed E-state index contributed by atoms with van der Waals surface area (Å²) in [4.78, 5) is 4.50. The zero-order chi connectivity index (χ0) is 13.9. The van der Waals surface area contributed by atoms with E-state index in [2.05, 4.69) is 38.4 Å². The molecule has 1 aromatic carbocycles. The number of aliphatic hydroxyl groups is 1. The third-order valence-corrected chi connectivity index (χ3v) is 4.43. The Morgan fingerprint density at radius 3 is 2.95 bits per heavy atom. The van der Waals surface area contributed by atoms with E-state index in [1.807, 2.05) is 18.3 Å². The molecule has 0 aliphatic heterocycles. The highest BCUT2D eigenvalue weighted by molar-refractivity contribution is 9.10. The third kappa shape index (κ3) is 2.96. The van der Waals surface area contributed by atoms with Gasteiger partial charge in [0.25, 0.3) is 0 Å². The third-order valence-electron chi connectivity index (χ3n) is 4.00. The molecule has 2 N–H and O–H groups in total. The minimum Gasteiger partial charge on any atom is -0.391 e. The highest BCUT2D eigenvalue weighted by atomic mass is 79.9. The number of anilines is 1. The molecule has 1 heterocycles. The van der Waals surface area contributed by atoms with E-state index in [9.17, 15) is 5.11 Å². The lowest BCUT2D eigenvalue weighted by Crippen LogP contribution is -2.32. The lowest BCUT2D eigenvalue weighted by molar-refractivity contribution is 0.144. The Kier molecular flexibility index (Phi) is 4.22. The number of pyridine rings is 1. The molecule has 106 valence electrons. The molecular weight excluding hydrogens is 316 g/mol. The number of hydrogen-bond donors (Lipinski definition) is 2. The fraction of sp³-hybridized carbons (Fsp3) is 0.438. The second kappa shape index (κ2) is 6.10. The largest absolute Gasteiger partial charge is 0.391 e. The van der Waals surface area contributed by atoms with Gasteiger partial charge < -0.3 is 10.4 Å². The van der Waals surface area contributed by atoms with Crippen molar-refractivity contribution in [2.45, 2.75) is 44.2 Å². The van der Waals surface area contributed by atoms with Gasteiger partial charge in [-0.15, -0.1) is 0 Å². The molecular formula is C16H19BrN2O. The second-order valence-corrected chi connectivity index (χ2v) is 6.40. The summed E-state index contributed by atoms with van der Waals surface area (Å²) in [6.45, 7) is 0. The highest BCUT2D eigenvalue weighted by Gasteiger charge is 2.21. The number of benzene rings is 1. The van der Waals surface area contributed by atoms with E-state index < -0.39 is 0 Å². The molecule has 2 atom stereocenters. The van der Waals surface area contributed by atoms with E-state index in [0.29, 0.717) is 0 Å². The maximum absolute atomic E-state index is 10.2. The van der Waals surface area contributed by atoms with Crippen molar-refractivity contribution in [2.24, 2.45) is 0 Å². The van der Waals surface area contributed by atoms with E-state index >= 15 is 0 Å². The number of hydrogen-bond acceptors (Lipinski definition) is 3. The number of halogens is 1. The first-order chi connectivity index (χ1) is 9.74. The molecule has 1 aliphatic carbocycles. The molecule has 0 radical (unpaired) electrons. The van der Waals surface area contributed by atoms with Gasteiger partial charge in [-0.2, -0.15) is 0 Å². The van der Waals surface area contributed by atoms with Crippen LogP contribution in [0.25, 0.3) is 10.9 Å². The Labute approximate surface area is 127 Å². The van der Waals surface area contributed by atoms with Crippen LogP contribution in [0.4, 0.5) is 5.69 Å². The normalized spacial score (nSPS) is 23.5. The van der Waals surface area contributed by atoms with Crippen molar-refractivity contribution in [3.05, 3.63) is 34.9 Å². The molecule has 1 fully saturated rings. The maximum Gasteiger partial charge on any atom is 0.0934 e. The number of nitrogens with one attached hydrogen (secondary N) is 1. The molecule has 0 saturated heterocycles. The first kappa shape index (κ1) is 13.8. The van der Waals surface area contributed by atoms with Crippen LogP contribution >= 0.6 is 15.9 Å². The van der Waals surface area contributed by atoms with Crippen LogP contribution < -0.4 is 5.32 Å². The topological polar surface area (TPSA) is 45.1 Å². The van der Waals surface area contributed by atoms with Gasteiger partial charge in [0.05, 0.1) is 23.3 Å². The van der Waals surface area contributed by atoms with Crippen LogP contribution in [0.2, 0.25) is 0 Å². The number of aliphatic hydroxyl groups excluding tert-OH is 1. The number of aromatic nitrogens is 1. The van der Waals surface area contributed by atoms with Crippen molar-refractivity contribution in [3.63, 3.8) is 0 Å². The van der Waals surface area contributed by atoms with Crippen LogP contribution in [0, 0.1) is 0 Å². The monoisotopic (exact) mass is 334 g/mol. The summed E-state index contributed by atoms with van der Waals surface area (Å²) in [5.74, 6) is 0. The predicted octanol–water partition coefficient (Wildman–Crippen LogP) is 4.10. The van der Waals surface area contributed by atoms with Gasteiger partial charge in [0.2, 0.25) is 0 Å². The summed E-state index contributed by atoms with van der Waals surface area (Å²) in [7, 11) is 0. The van der Waals surface area contributed by atoms with E-state index in [1.165, 1.54) is 12.8 Å². The molecule has 3 nitrogen and oxygen atoms in total. The van der Waals surface area contributed by atoms with Crippen molar-refractivity contribution in [2.75, 3.05) is 5.32 Å². The predicted molar refractivity (Wildman–Crippen MR) is 85.9 cm³/mol. The van der Waals surface area contributed by atoms with Crippen LogP contribution in [-0.2, 0) is 0 Å². The molecule has 3 rings (SSSR count). The lowest BCUT2D eigenvalue weighted by Gasteiger charge is -2.23. The highest BCUT2D eigenvalue weighted by Crippen LogP contribution is 2.27. The molecule has 0 spiro atoms. The molecule has 2 aromatic rings. The van der Waals surface area contributed by atoms with Crippen LogP contribution in [0.15, 0.2) is 34.9 Å². The molecule has 1 aliphatic rings. The Hall–Kier alpha value is -1.13. The zero-order valence-corrected chi connectivity index (χ0v) is 12.9. The lowest BCUT2D eigenvalue weighted by atomic mass is 10.1. The molecule has 0 amide bonds. The SMILES string of the molecule is OC1CCCCCC1Nc1cccc2cc(Br)cnc12. The van der Waals surface area contributed by atoms with Gasteiger partial charge in [0, 0.05) is 16.1 Å². The van der Waals surface area contributed by atoms with Crippen molar-refractivity contribution in [1.29, 1.82) is 0 Å². The average Bonchev–Trinajstić information content (AvgIpc) is 2.64. The first-order valence-corrected chi connectivity index (χ1v) is 8.02. The minimum atomic E-state index is -0.261. The molecule has 0 bridgehead atoms. The van der Waals surface area contributed by atoms with Gasteiger partial charge in [-0.1, -0.05) is 31.4 Å². The van der Waals surface area contributed by atoms with Gasteiger partial charge in [0.1, 0.15) is 0 Å². The molecule has 1 aromatic heterocycles. The quantitative estimate of drug-likeness (QED) is 0.812. The number of para-hydroxylation sites is 1. The van der Waals surface area contributed by atoms with Crippen molar-refractivity contribution in [3.8, 4) is 0 Å². The maximum atomic E-state index is 10.2. The number of rotatable bonds is 2. The number of nitrogens with zero attached hydrogens (tertiary/aromatic N) is 1. The minimum absolute atomic E-state index is 0.133. The van der Waals surface area contributed by atoms with Crippen molar-refractivity contribution >= 4 is 32.5 Å². The van der Waals surface area contributed by atoms with Crippen LogP contribution in [0.1, 0.15) is 32.1 Å². The van der Waals surface area contributed by atoms with Gasteiger partial charge in [-0.3, -0.25) is 4.98 Å². The van der Waals surface area contributed by atoms with Crippen molar-refractivity contribution < 1.29 is 5.11 Å². The van der Waals surface area contributed by atoms with Crippen LogP contribution in [0.5, 0.6) is 0 Å². The van der Waals surface area contributed by atoms with Gasteiger partial charge >= 0.3 is 0 Å². The zero-order valence-electron chi connectivity index (χ0n) is 11.3. The fourth-order valence-electron chi connectivity index (χ4n) is 2.91. The molecule has 20 heavy (non-hydrogen) atoms. The smallest absolute Gasteiger partial charge is 0.0934 e.